The number of carbonyl (C=O) groups is 1. The number of carboxylic acid groups (broad SMARTS) is 1. The number of tetrazole rings is 1. The van der Waals surface area contributed by atoms with Crippen LogP contribution in [0.3, 0.4) is 0 Å². The van der Waals surface area contributed by atoms with E-state index in [0.29, 0.717) is 22.6 Å². The topological polar surface area (TPSA) is 120 Å². The Morgan fingerprint density at radius 3 is 3.19 bits per heavy atom. The first-order valence-corrected chi connectivity index (χ1v) is 7.56. The SMILES string of the molecule is O=C(O)Cn1nnnc1SCc1noc(-c2cccs2)n1. The second-order valence-corrected chi connectivity index (χ2v) is 5.68. The molecular weight excluding hydrogens is 316 g/mol. The zero-order chi connectivity index (χ0) is 14.7. The Morgan fingerprint density at radius 1 is 1.52 bits per heavy atom. The molecule has 1 N–H and O–H groups in total. The molecule has 0 aliphatic rings. The lowest BCUT2D eigenvalue weighted by atomic mass is 10.5. The summed E-state index contributed by atoms with van der Waals surface area (Å²) in [6.07, 6.45) is 0. The van der Waals surface area contributed by atoms with Gasteiger partial charge in [0.1, 0.15) is 6.54 Å². The summed E-state index contributed by atoms with van der Waals surface area (Å²) in [7, 11) is 0. The van der Waals surface area contributed by atoms with Gasteiger partial charge in [0.05, 0.1) is 10.6 Å². The fourth-order valence-corrected chi connectivity index (χ4v) is 2.83. The molecule has 3 heterocycles. The van der Waals surface area contributed by atoms with E-state index in [1.165, 1.54) is 27.8 Å². The van der Waals surface area contributed by atoms with Gasteiger partial charge in [0.2, 0.25) is 5.16 Å². The van der Waals surface area contributed by atoms with Crippen LogP contribution in [0.2, 0.25) is 0 Å². The summed E-state index contributed by atoms with van der Waals surface area (Å²) in [5.74, 6) is 0.331. The maximum atomic E-state index is 10.7. The number of nitrogens with zero attached hydrogens (tertiary/aromatic N) is 6. The maximum absolute atomic E-state index is 10.7. The molecule has 0 radical (unpaired) electrons. The van der Waals surface area contributed by atoms with E-state index in [0.717, 1.165) is 4.88 Å². The zero-order valence-corrected chi connectivity index (χ0v) is 12.0. The second kappa shape index (κ2) is 6.01. The Morgan fingerprint density at radius 2 is 2.43 bits per heavy atom. The fourth-order valence-electron chi connectivity index (χ4n) is 1.47. The fraction of sp³-hybridized carbons (Fsp3) is 0.200. The smallest absolute Gasteiger partial charge is 0.325 e. The lowest BCUT2D eigenvalue weighted by molar-refractivity contribution is -0.138. The summed E-state index contributed by atoms with van der Waals surface area (Å²) in [5.41, 5.74) is 0. The summed E-state index contributed by atoms with van der Waals surface area (Å²) in [4.78, 5) is 15.8. The summed E-state index contributed by atoms with van der Waals surface area (Å²) in [5, 5.41) is 25.7. The molecule has 3 aromatic heterocycles. The quantitative estimate of drug-likeness (QED) is 0.666. The second-order valence-electron chi connectivity index (χ2n) is 3.79. The average Bonchev–Trinajstić information content (AvgIpc) is 3.17. The Kier molecular flexibility index (Phi) is 3.92. The van der Waals surface area contributed by atoms with Crippen molar-refractivity contribution in [1.29, 1.82) is 0 Å². The van der Waals surface area contributed by atoms with Crippen LogP contribution in [-0.2, 0) is 17.1 Å². The number of carboxylic acids is 1. The van der Waals surface area contributed by atoms with Gasteiger partial charge >= 0.3 is 5.97 Å². The van der Waals surface area contributed by atoms with Crippen molar-refractivity contribution in [3.05, 3.63) is 23.3 Å². The number of rotatable bonds is 6. The molecule has 9 nitrogen and oxygen atoms in total. The number of hydrogen-bond donors (Lipinski definition) is 1. The minimum absolute atomic E-state index is 0.290. The first-order chi connectivity index (χ1) is 10.2. The van der Waals surface area contributed by atoms with Gasteiger partial charge in [-0.1, -0.05) is 23.0 Å². The van der Waals surface area contributed by atoms with Gasteiger partial charge in [-0.05, 0) is 21.9 Å². The van der Waals surface area contributed by atoms with Gasteiger partial charge in [0.15, 0.2) is 5.82 Å². The highest BCUT2D eigenvalue weighted by Crippen LogP contribution is 2.24. The van der Waals surface area contributed by atoms with Crippen LogP contribution in [0.1, 0.15) is 5.82 Å². The molecule has 0 atom stereocenters. The Balaban J connectivity index is 1.66. The first-order valence-electron chi connectivity index (χ1n) is 5.69. The van der Waals surface area contributed by atoms with Crippen molar-refractivity contribution in [1.82, 2.24) is 30.3 Å². The summed E-state index contributed by atoms with van der Waals surface area (Å²) < 4.78 is 6.36. The van der Waals surface area contributed by atoms with Crippen LogP contribution in [0.5, 0.6) is 0 Å². The van der Waals surface area contributed by atoms with Gasteiger partial charge in [-0.25, -0.2) is 4.68 Å². The molecule has 0 saturated carbocycles. The largest absolute Gasteiger partial charge is 0.480 e. The van der Waals surface area contributed by atoms with E-state index < -0.39 is 5.97 Å². The number of aliphatic carboxylic acids is 1. The third-order valence-corrected chi connectivity index (χ3v) is 4.13. The van der Waals surface area contributed by atoms with Crippen molar-refractivity contribution in [2.75, 3.05) is 0 Å². The van der Waals surface area contributed by atoms with Gasteiger partial charge in [0, 0.05) is 0 Å². The van der Waals surface area contributed by atoms with Crippen LogP contribution in [0.4, 0.5) is 0 Å². The van der Waals surface area contributed by atoms with Crippen molar-refractivity contribution in [3.63, 3.8) is 0 Å². The van der Waals surface area contributed by atoms with E-state index in [1.807, 2.05) is 17.5 Å². The molecular formula is C10H8N6O3S2. The normalized spacial score (nSPS) is 10.9. The van der Waals surface area contributed by atoms with E-state index >= 15 is 0 Å². The van der Waals surface area contributed by atoms with Gasteiger partial charge in [-0.15, -0.1) is 16.4 Å². The average molecular weight is 324 g/mol. The van der Waals surface area contributed by atoms with Crippen LogP contribution in [0.25, 0.3) is 10.8 Å². The number of thioether (sulfide) groups is 1. The van der Waals surface area contributed by atoms with Crippen LogP contribution in [0, 0.1) is 0 Å². The molecule has 21 heavy (non-hydrogen) atoms. The van der Waals surface area contributed by atoms with Crippen molar-refractivity contribution in [2.24, 2.45) is 0 Å². The minimum Gasteiger partial charge on any atom is -0.480 e. The molecule has 0 saturated heterocycles. The van der Waals surface area contributed by atoms with E-state index in [9.17, 15) is 4.79 Å². The predicted molar refractivity (Wildman–Crippen MR) is 72.6 cm³/mol. The van der Waals surface area contributed by atoms with E-state index in [4.69, 9.17) is 9.63 Å². The lowest BCUT2D eigenvalue weighted by Gasteiger charge is -1.98. The molecule has 108 valence electrons. The van der Waals surface area contributed by atoms with Crippen LogP contribution < -0.4 is 0 Å². The molecule has 0 amide bonds. The van der Waals surface area contributed by atoms with Gasteiger partial charge in [-0.2, -0.15) is 4.98 Å². The summed E-state index contributed by atoms with van der Waals surface area (Å²) in [6.45, 7) is -0.290. The highest BCUT2D eigenvalue weighted by Gasteiger charge is 2.13. The molecule has 0 fully saturated rings. The van der Waals surface area contributed by atoms with Crippen molar-refractivity contribution < 1.29 is 14.4 Å². The molecule has 0 aliphatic carbocycles. The van der Waals surface area contributed by atoms with Crippen molar-refractivity contribution in [3.8, 4) is 10.8 Å². The highest BCUT2D eigenvalue weighted by molar-refractivity contribution is 7.98. The van der Waals surface area contributed by atoms with E-state index in [-0.39, 0.29) is 6.54 Å². The predicted octanol–water partition coefficient (Wildman–Crippen LogP) is 1.16. The first kappa shape index (κ1) is 13.7. The van der Waals surface area contributed by atoms with Crippen LogP contribution in [0.15, 0.2) is 27.2 Å². The zero-order valence-electron chi connectivity index (χ0n) is 10.4. The van der Waals surface area contributed by atoms with Gasteiger partial charge < -0.3 is 9.63 Å². The van der Waals surface area contributed by atoms with Gasteiger partial charge in [-0.3, -0.25) is 4.79 Å². The monoisotopic (exact) mass is 324 g/mol. The van der Waals surface area contributed by atoms with Crippen molar-refractivity contribution in [2.45, 2.75) is 17.5 Å². The van der Waals surface area contributed by atoms with Crippen LogP contribution in [-0.4, -0.2) is 41.4 Å². The number of hydrogen-bond acceptors (Lipinski definition) is 9. The number of thiophene rings is 1. The standard InChI is InChI=1S/C10H8N6O3S2/c17-8(18)4-16-10(12-14-15-16)21-5-7-11-9(19-13-7)6-2-1-3-20-6/h1-3H,4-5H2,(H,17,18). The minimum atomic E-state index is -1.01. The Labute approximate surface area is 126 Å². The number of aromatic nitrogens is 6. The maximum Gasteiger partial charge on any atom is 0.325 e. The molecule has 0 aliphatic heterocycles. The summed E-state index contributed by atoms with van der Waals surface area (Å²) >= 11 is 2.75. The molecule has 0 bridgehead atoms. The molecule has 3 rings (SSSR count). The van der Waals surface area contributed by atoms with Gasteiger partial charge in [0.25, 0.3) is 5.89 Å². The Bertz CT molecular complexity index is 738. The van der Waals surface area contributed by atoms with E-state index in [1.54, 1.807) is 0 Å². The van der Waals surface area contributed by atoms with Crippen molar-refractivity contribution >= 4 is 29.1 Å². The third kappa shape index (κ3) is 3.25. The highest BCUT2D eigenvalue weighted by atomic mass is 32.2. The van der Waals surface area contributed by atoms with E-state index in [2.05, 4.69) is 25.7 Å². The third-order valence-electron chi connectivity index (χ3n) is 2.31. The molecule has 0 aromatic carbocycles. The molecule has 11 heteroatoms. The lowest BCUT2D eigenvalue weighted by Crippen LogP contribution is -2.11. The molecule has 0 unspecified atom stereocenters. The summed E-state index contributed by atoms with van der Waals surface area (Å²) in [6, 6.07) is 3.79. The molecule has 3 aromatic rings. The molecule has 0 spiro atoms. The Hall–Kier alpha value is -2.27. The van der Waals surface area contributed by atoms with Crippen LogP contribution >= 0.6 is 23.1 Å².